The van der Waals surface area contributed by atoms with E-state index in [-0.39, 0.29) is 33.3 Å². The van der Waals surface area contributed by atoms with E-state index in [2.05, 4.69) is 4.98 Å². The number of thiazole rings is 1. The molecule has 1 aromatic heterocycles. The standard InChI is InChI=1S/C27H25FN2O6S/c1-4-14-36-17-12-10-16(11-13-17)22(31)20-21(18-8-6-7-9-19(18)28)30(25(33)23(20)32)27-29-15(3)24(37-27)26(34)35-5-2/h6-13,21,31H,4-5,14H2,1-3H3/t21-/m0/s1. The molecule has 37 heavy (non-hydrogen) atoms. The molecule has 0 unspecified atom stereocenters. The maximum atomic E-state index is 15.0. The van der Waals surface area contributed by atoms with Gasteiger partial charge in [-0.25, -0.2) is 14.2 Å². The predicted octanol–water partition coefficient (Wildman–Crippen LogP) is 5.18. The zero-order valence-corrected chi connectivity index (χ0v) is 21.3. The molecule has 2 heterocycles. The second-order valence-electron chi connectivity index (χ2n) is 8.19. The third-order valence-electron chi connectivity index (χ3n) is 5.70. The molecule has 1 N–H and O–H groups in total. The summed E-state index contributed by atoms with van der Waals surface area (Å²) in [7, 11) is 0. The summed E-state index contributed by atoms with van der Waals surface area (Å²) in [5, 5.41) is 11.2. The number of carbonyl (C=O) groups excluding carboxylic acids is 3. The molecule has 1 aliphatic rings. The molecule has 4 rings (SSSR count). The van der Waals surface area contributed by atoms with E-state index in [0.29, 0.717) is 18.1 Å². The summed E-state index contributed by atoms with van der Waals surface area (Å²) in [6, 6.07) is 10.7. The Kier molecular flexibility index (Phi) is 7.68. The van der Waals surface area contributed by atoms with Gasteiger partial charge < -0.3 is 14.6 Å². The highest BCUT2D eigenvalue weighted by Crippen LogP contribution is 2.44. The average Bonchev–Trinajstić information content (AvgIpc) is 3.39. The van der Waals surface area contributed by atoms with Crippen LogP contribution in [0.4, 0.5) is 9.52 Å². The summed E-state index contributed by atoms with van der Waals surface area (Å²) in [6.07, 6.45) is 0.821. The van der Waals surface area contributed by atoms with Crippen molar-refractivity contribution < 1.29 is 33.4 Å². The zero-order chi connectivity index (χ0) is 26.7. The molecular formula is C27H25FN2O6S. The van der Waals surface area contributed by atoms with E-state index >= 15 is 4.39 Å². The number of anilines is 1. The summed E-state index contributed by atoms with van der Waals surface area (Å²) in [4.78, 5) is 44.4. The van der Waals surface area contributed by atoms with E-state index in [1.165, 1.54) is 18.2 Å². The van der Waals surface area contributed by atoms with Crippen molar-refractivity contribution in [3.05, 3.63) is 81.6 Å². The Balaban J connectivity index is 1.86. The lowest BCUT2D eigenvalue weighted by Crippen LogP contribution is -2.29. The number of aliphatic hydroxyl groups excluding tert-OH is 1. The first-order chi connectivity index (χ1) is 17.8. The van der Waals surface area contributed by atoms with Crippen molar-refractivity contribution in [1.29, 1.82) is 0 Å². The summed E-state index contributed by atoms with van der Waals surface area (Å²) in [6.45, 7) is 5.87. The number of ketones is 1. The average molecular weight is 525 g/mol. The van der Waals surface area contributed by atoms with E-state index in [1.807, 2.05) is 6.92 Å². The number of ether oxygens (including phenoxy) is 2. The minimum absolute atomic E-state index is 0.00307. The van der Waals surface area contributed by atoms with Crippen LogP contribution in [0.5, 0.6) is 5.75 Å². The van der Waals surface area contributed by atoms with E-state index < -0.39 is 35.3 Å². The Hall–Kier alpha value is -4.05. The lowest BCUT2D eigenvalue weighted by atomic mass is 9.95. The molecule has 1 amide bonds. The van der Waals surface area contributed by atoms with Gasteiger partial charge in [-0.05, 0) is 50.6 Å². The number of halogens is 1. The van der Waals surface area contributed by atoms with E-state index in [9.17, 15) is 19.5 Å². The fourth-order valence-corrected chi connectivity index (χ4v) is 4.96. The molecule has 10 heteroatoms. The monoisotopic (exact) mass is 524 g/mol. The zero-order valence-electron chi connectivity index (χ0n) is 20.5. The van der Waals surface area contributed by atoms with Gasteiger partial charge in [-0.3, -0.25) is 14.5 Å². The molecule has 0 aliphatic carbocycles. The lowest BCUT2D eigenvalue weighted by Gasteiger charge is -2.23. The molecule has 3 aromatic rings. The SMILES string of the molecule is CCCOc1ccc(C(O)=C2C(=O)C(=O)N(c3nc(C)c(C(=O)OCC)s3)[C@H]2c2ccccc2F)cc1. The van der Waals surface area contributed by atoms with Crippen molar-refractivity contribution in [3.63, 3.8) is 0 Å². The molecule has 192 valence electrons. The maximum absolute atomic E-state index is 15.0. The van der Waals surface area contributed by atoms with Crippen molar-refractivity contribution in [3.8, 4) is 5.75 Å². The number of hydrogen-bond donors (Lipinski definition) is 1. The second-order valence-corrected chi connectivity index (χ2v) is 9.17. The number of aryl methyl sites for hydroxylation is 1. The molecule has 0 bridgehead atoms. The second kappa shape index (κ2) is 10.9. The molecule has 1 saturated heterocycles. The highest BCUT2D eigenvalue weighted by molar-refractivity contribution is 7.17. The van der Waals surface area contributed by atoms with Crippen LogP contribution in [0.2, 0.25) is 0 Å². The van der Waals surface area contributed by atoms with Crippen LogP contribution in [-0.4, -0.2) is 41.0 Å². The Morgan fingerprint density at radius 2 is 1.84 bits per heavy atom. The largest absolute Gasteiger partial charge is 0.507 e. The third kappa shape index (κ3) is 4.97. The first kappa shape index (κ1) is 26.0. The van der Waals surface area contributed by atoms with E-state index in [0.717, 1.165) is 22.7 Å². The molecule has 0 spiro atoms. The van der Waals surface area contributed by atoms with Gasteiger partial charge in [0, 0.05) is 11.1 Å². The van der Waals surface area contributed by atoms with Crippen molar-refractivity contribution in [2.45, 2.75) is 33.2 Å². The third-order valence-corrected chi connectivity index (χ3v) is 6.83. The topological polar surface area (TPSA) is 106 Å². The summed E-state index contributed by atoms with van der Waals surface area (Å²) < 4.78 is 25.7. The number of benzene rings is 2. The van der Waals surface area contributed by atoms with Crippen molar-refractivity contribution in [2.24, 2.45) is 0 Å². The fraction of sp³-hybridized carbons (Fsp3) is 0.259. The summed E-state index contributed by atoms with van der Waals surface area (Å²) >= 11 is 0.858. The van der Waals surface area contributed by atoms with Crippen molar-refractivity contribution in [2.75, 3.05) is 18.1 Å². The number of amides is 1. The minimum atomic E-state index is -1.31. The van der Waals surface area contributed by atoms with E-state index in [1.54, 1.807) is 44.2 Å². The summed E-state index contributed by atoms with van der Waals surface area (Å²) in [5.74, 6) is -3.17. The van der Waals surface area contributed by atoms with E-state index in [4.69, 9.17) is 9.47 Å². The lowest BCUT2D eigenvalue weighted by molar-refractivity contribution is -0.132. The van der Waals surface area contributed by atoms with Gasteiger partial charge in [0.05, 0.1) is 24.5 Å². The molecule has 1 aliphatic heterocycles. The number of hydrogen-bond acceptors (Lipinski definition) is 8. The molecule has 2 aromatic carbocycles. The Labute approximate surface area is 217 Å². The van der Waals surface area contributed by atoms with Gasteiger partial charge in [0.1, 0.15) is 28.2 Å². The number of aliphatic hydroxyl groups is 1. The predicted molar refractivity (Wildman–Crippen MR) is 136 cm³/mol. The molecule has 1 fully saturated rings. The first-order valence-corrected chi connectivity index (χ1v) is 12.5. The minimum Gasteiger partial charge on any atom is -0.507 e. The highest BCUT2D eigenvalue weighted by Gasteiger charge is 2.49. The quantitative estimate of drug-likeness (QED) is 0.187. The van der Waals surface area contributed by atoms with Crippen LogP contribution in [0.3, 0.4) is 0 Å². The summed E-state index contributed by atoms with van der Waals surface area (Å²) in [5.41, 5.74) is 0.264. The fourth-order valence-electron chi connectivity index (χ4n) is 3.98. The number of Topliss-reactive ketones (excluding diaryl/α,β-unsaturated/α-hetero) is 1. The van der Waals surface area contributed by atoms with Crippen LogP contribution in [0.1, 0.15) is 52.8 Å². The van der Waals surface area contributed by atoms with Crippen molar-refractivity contribution in [1.82, 2.24) is 4.98 Å². The smallest absolute Gasteiger partial charge is 0.350 e. The van der Waals surface area contributed by atoms with Gasteiger partial charge in [-0.2, -0.15) is 0 Å². The number of aromatic nitrogens is 1. The van der Waals surface area contributed by atoms with Crippen LogP contribution in [0.15, 0.2) is 54.1 Å². The van der Waals surface area contributed by atoms with Crippen molar-refractivity contribution >= 4 is 39.9 Å². The van der Waals surface area contributed by atoms with Crippen LogP contribution in [0.25, 0.3) is 5.76 Å². The molecule has 8 nitrogen and oxygen atoms in total. The van der Waals surface area contributed by atoms with Crippen LogP contribution in [-0.2, 0) is 14.3 Å². The number of nitrogens with zero attached hydrogens (tertiary/aromatic N) is 2. The van der Waals surface area contributed by atoms with Gasteiger partial charge in [-0.15, -0.1) is 0 Å². The Morgan fingerprint density at radius 1 is 1.14 bits per heavy atom. The molecule has 1 atom stereocenters. The highest BCUT2D eigenvalue weighted by atomic mass is 32.1. The first-order valence-electron chi connectivity index (χ1n) is 11.7. The van der Waals surface area contributed by atoms with Gasteiger partial charge in [-0.1, -0.05) is 36.5 Å². The van der Waals surface area contributed by atoms with Gasteiger partial charge in [0.25, 0.3) is 5.78 Å². The van der Waals surface area contributed by atoms with Gasteiger partial charge in [0.15, 0.2) is 5.13 Å². The van der Waals surface area contributed by atoms with Crippen LogP contribution >= 0.6 is 11.3 Å². The Morgan fingerprint density at radius 3 is 2.49 bits per heavy atom. The number of rotatable bonds is 8. The molecule has 0 radical (unpaired) electrons. The number of carbonyl (C=O) groups is 3. The normalized spacial score (nSPS) is 16.8. The number of esters is 1. The maximum Gasteiger partial charge on any atom is 0.350 e. The molecule has 0 saturated carbocycles. The van der Waals surface area contributed by atoms with Gasteiger partial charge in [0.2, 0.25) is 0 Å². The Bertz CT molecular complexity index is 1380. The van der Waals surface area contributed by atoms with Crippen LogP contribution < -0.4 is 9.64 Å². The van der Waals surface area contributed by atoms with Crippen LogP contribution in [0, 0.1) is 12.7 Å². The van der Waals surface area contributed by atoms with Gasteiger partial charge >= 0.3 is 11.9 Å². The molecular weight excluding hydrogens is 499 g/mol.